The van der Waals surface area contributed by atoms with E-state index >= 15 is 0 Å². The Bertz CT molecular complexity index is 830. The summed E-state index contributed by atoms with van der Waals surface area (Å²) in [6.45, 7) is 1.93. The lowest BCUT2D eigenvalue weighted by molar-refractivity contribution is 0.190. The van der Waals surface area contributed by atoms with Crippen LogP contribution in [0.25, 0.3) is 21.8 Å². The van der Waals surface area contributed by atoms with Crippen LogP contribution in [-0.2, 0) is 0 Å². The number of rotatable bonds is 2. The number of pyridine rings is 1. The highest BCUT2D eigenvalue weighted by atomic mass is 16.6. The number of H-pyrrole nitrogens is 1. The van der Waals surface area contributed by atoms with E-state index in [0.717, 1.165) is 22.0 Å². The molecule has 3 aromatic rings. The predicted molar refractivity (Wildman–Crippen MR) is 73.9 cm³/mol. The first-order valence-corrected chi connectivity index (χ1v) is 5.92. The number of aromatic nitrogens is 2. The van der Waals surface area contributed by atoms with Crippen molar-refractivity contribution in [2.24, 2.45) is 0 Å². The summed E-state index contributed by atoms with van der Waals surface area (Å²) in [5.74, 6) is 0.712. The number of nitrogens with zero attached hydrogens (tertiary/aromatic N) is 1. The van der Waals surface area contributed by atoms with E-state index in [1.54, 1.807) is 25.1 Å². The van der Waals surface area contributed by atoms with Crippen LogP contribution in [0.3, 0.4) is 0 Å². The third kappa shape index (κ3) is 1.51. The van der Waals surface area contributed by atoms with Crippen molar-refractivity contribution in [1.29, 1.82) is 0 Å². The van der Waals surface area contributed by atoms with Gasteiger partial charge in [0.2, 0.25) is 0 Å². The summed E-state index contributed by atoms with van der Waals surface area (Å²) in [7, 11) is 3.19. The van der Waals surface area contributed by atoms with Gasteiger partial charge < -0.3 is 14.6 Å². The highest BCUT2D eigenvalue weighted by Gasteiger charge is 2.16. The van der Waals surface area contributed by atoms with Gasteiger partial charge in [-0.15, -0.1) is 0 Å². The number of hydrogen-bond acceptors (Lipinski definition) is 3. The number of benzene rings is 1. The van der Waals surface area contributed by atoms with Gasteiger partial charge in [-0.1, -0.05) is 0 Å². The molecule has 0 unspecified atom stereocenters. The molecular formula is C14H14N2O3. The number of methoxy groups -OCH3 is 1. The molecule has 2 aromatic heterocycles. The normalized spacial score (nSPS) is 11.1. The fourth-order valence-corrected chi connectivity index (χ4v) is 2.46. The molecule has 1 aromatic carbocycles. The summed E-state index contributed by atoms with van der Waals surface area (Å²) in [6.07, 6.45) is 1.69. The first-order valence-electron chi connectivity index (χ1n) is 5.92. The van der Waals surface area contributed by atoms with Gasteiger partial charge in [-0.2, -0.15) is 4.73 Å². The van der Waals surface area contributed by atoms with Crippen LogP contribution >= 0.6 is 0 Å². The second-order valence-corrected chi connectivity index (χ2v) is 4.38. The average molecular weight is 258 g/mol. The Morgan fingerprint density at radius 1 is 1.26 bits per heavy atom. The van der Waals surface area contributed by atoms with E-state index in [2.05, 4.69) is 4.98 Å². The molecule has 5 heteroatoms. The maximum Gasteiger partial charge on any atom is 0.258 e. The molecule has 5 nitrogen and oxygen atoms in total. The molecule has 98 valence electrons. The van der Waals surface area contributed by atoms with Crippen molar-refractivity contribution in [2.75, 3.05) is 14.2 Å². The largest absolute Gasteiger partial charge is 0.497 e. The van der Waals surface area contributed by atoms with Crippen LogP contribution in [0.2, 0.25) is 0 Å². The molecule has 0 bridgehead atoms. The minimum absolute atomic E-state index is 0.130. The van der Waals surface area contributed by atoms with Crippen LogP contribution in [0.5, 0.6) is 5.75 Å². The highest BCUT2D eigenvalue weighted by molar-refractivity contribution is 6.08. The van der Waals surface area contributed by atoms with Crippen molar-refractivity contribution in [3.8, 4) is 5.75 Å². The van der Waals surface area contributed by atoms with Gasteiger partial charge >= 0.3 is 0 Å². The van der Waals surface area contributed by atoms with Gasteiger partial charge in [0, 0.05) is 11.6 Å². The van der Waals surface area contributed by atoms with Crippen LogP contribution < -0.4 is 15.1 Å². The fraction of sp³-hybridized carbons (Fsp3) is 0.214. The Morgan fingerprint density at radius 3 is 2.74 bits per heavy atom. The second kappa shape index (κ2) is 4.05. The van der Waals surface area contributed by atoms with E-state index < -0.39 is 0 Å². The van der Waals surface area contributed by atoms with Gasteiger partial charge in [0.05, 0.1) is 23.5 Å². The maximum atomic E-state index is 12.1. The Hall–Kier alpha value is -2.43. The molecule has 0 fully saturated rings. The van der Waals surface area contributed by atoms with Crippen LogP contribution in [0.4, 0.5) is 0 Å². The zero-order valence-electron chi connectivity index (χ0n) is 11.0. The first-order chi connectivity index (χ1) is 9.17. The summed E-state index contributed by atoms with van der Waals surface area (Å²) >= 11 is 0. The number of nitrogens with one attached hydrogen (secondary N) is 1. The van der Waals surface area contributed by atoms with Crippen LogP contribution in [-0.4, -0.2) is 23.9 Å². The molecule has 19 heavy (non-hydrogen) atoms. The lowest BCUT2D eigenvalue weighted by atomic mass is 10.1. The molecule has 0 amide bonds. The molecule has 3 rings (SSSR count). The van der Waals surface area contributed by atoms with E-state index in [-0.39, 0.29) is 5.56 Å². The molecule has 0 spiro atoms. The van der Waals surface area contributed by atoms with Crippen molar-refractivity contribution >= 4 is 21.8 Å². The van der Waals surface area contributed by atoms with Crippen molar-refractivity contribution in [2.45, 2.75) is 6.92 Å². The van der Waals surface area contributed by atoms with Crippen LogP contribution in [0.15, 0.2) is 29.2 Å². The summed E-state index contributed by atoms with van der Waals surface area (Å²) < 4.78 is 6.90. The van der Waals surface area contributed by atoms with E-state index in [0.29, 0.717) is 11.1 Å². The highest BCUT2D eigenvalue weighted by Crippen LogP contribution is 2.30. The van der Waals surface area contributed by atoms with E-state index in [4.69, 9.17) is 9.57 Å². The van der Waals surface area contributed by atoms with Crippen molar-refractivity contribution in [1.82, 2.24) is 9.71 Å². The van der Waals surface area contributed by atoms with E-state index in [9.17, 15) is 4.79 Å². The van der Waals surface area contributed by atoms with E-state index in [1.165, 1.54) is 0 Å². The topological polar surface area (TPSA) is 56.2 Å². The summed E-state index contributed by atoms with van der Waals surface area (Å²) in [6, 6.07) is 5.58. The summed E-state index contributed by atoms with van der Waals surface area (Å²) in [5.41, 5.74) is 2.45. The van der Waals surface area contributed by atoms with Crippen molar-refractivity contribution in [3.63, 3.8) is 0 Å². The molecule has 0 saturated carbocycles. The molecule has 1 N–H and O–H groups in total. The van der Waals surface area contributed by atoms with Gasteiger partial charge in [-0.3, -0.25) is 4.79 Å². The second-order valence-electron chi connectivity index (χ2n) is 4.38. The van der Waals surface area contributed by atoms with Gasteiger partial charge in [0.15, 0.2) is 0 Å². The fourth-order valence-electron chi connectivity index (χ4n) is 2.46. The quantitative estimate of drug-likeness (QED) is 0.763. The van der Waals surface area contributed by atoms with Gasteiger partial charge in [-0.25, -0.2) is 0 Å². The molecule has 0 radical (unpaired) electrons. The Morgan fingerprint density at radius 2 is 2.05 bits per heavy atom. The number of aryl methyl sites for hydroxylation is 1. The molecule has 2 heterocycles. The third-order valence-corrected chi connectivity index (χ3v) is 3.33. The SMILES string of the molecule is COc1ccc2c(c1)c1c(=O)[nH]cc(C)c1n2OC. The average Bonchev–Trinajstić information content (AvgIpc) is 2.77. The van der Waals surface area contributed by atoms with Crippen molar-refractivity contribution in [3.05, 3.63) is 40.3 Å². The van der Waals surface area contributed by atoms with E-state index in [1.807, 2.05) is 25.1 Å². The number of hydrogen-bond donors (Lipinski definition) is 1. The minimum Gasteiger partial charge on any atom is -0.497 e. The van der Waals surface area contributed by atoms with Crippen LogP contribution in [0.1, 0.15) is 5.56 Å². The smallest absolute Gasteiger partial charge is 0.258 e. The first kappa shape index (κ1) is 11.6. The van der Waals surface area contributed by atoms with Crippen molar-refractivity contribution < 1.29 is 9.57 Å². The minimum atomic E-state index is -0.130. The van der Waals surface area contributed by atoms with Gasteiger partial charge in [-0.05, 0) is 30.7 Å². The summed E-state index contributed by atoms with van der Waals surface area (Å²) in [4.78, 5) is 20.3. The molecule has 0 aliphatic carbocycles. The lowest BCUT2D eigenvalue weighted by Gasteiger charge is -2.05. The van der Waals surface area contributed by atoms with Gasteiger partial charge in [0.1, 0.15) is 12.9 Å². The predicted octanol–water partition coefficient (Wildman–Crippen LogP) is 1.86. The number of fused-ring (bicyclic) bond motifs is 3. The van der Waals surface area contributed by atoms with Crippen LogP contribution in [0, 0.1) is 6.92 Å². The molecule has 0 aliphatic heterocycles. The zero-order chi connectivity index (χ0) is 13.6. The molecule has 0 aliphatic rings. The monoisotopic (exact) mass is 258 g/mol. The number of ether oxygens (including phenoxy) is 1. The number of aromatic amines is 1. The standard InChI is InChI=1S/C14H14N2O3/c1-8-7-15-14(17)12-10-6-9(18-2)4-5-11(10)16(19-3)13(8)12/h4-7H,1-3H3,(H,15,17). The molecule has 0 saturated heterocycles. The lowest BCUT2D eigenvalue weighted by Crippen LogP contribution is -2.09. The third-order valence-electron chi connectivity index (χ3n) is 3.33. The Balaban J connectivity index is 2.62. The Labute approximate surface area is 109 Å². The molecular weight excluding hydrogens is 244 g/mol. The molecule has 0 atom stereocenters. The maximum absolute atomic E-state index is 12.1. The Kier molecular flexibility index (Phi) is 2.48. The summed E-state index contributed by atoms with van der Waals surface area (Å²) in [5, 5.41) is 1.44. The van der Waals surface area contributed by atoms with Gasteiger partial charge in [0.25, 0.3) is 5.56 Å². The zero-order valence-corrected chi connectivity index (χ0v) is 11.0.